The average Bonchev–Trinajstić information content (AvgIpc) is 2.36. The van der Waals surface area contributed by atoms with E-state index in [0.717, 1.165) is 27.8 Å². The van der Waals surface area contributed by atoms with Crippen LogP contribution in [0.1, 0.15) is 18.1 Å². The second kappa shape index (κ2) is 6.61. The molecule has 0 heterocycles. The van der Waals surface area contributed by atoms with Gasteiger partial charge in [0.25, 0.3) is 0 Å². The first kappa shape index (κ1) is 15.4. The minimum absolute atomic E-state index is 0.116. The molecule has 0 radical (unpaired) electrons. The smallest absolute Gasteiger partial charge is 0.146 e. The first-order valence-electron chi connectivity index (χ1n) is 6.43. The van der Waals surface area contributed by atoms with Crippen molar-refractivity contribution in [1.29, 1.82) is 0 Å². The van der Waals surface area contributed by atoms with Crippen molar-refractivity contribution >= 4 is 27.5 Å². The molecule has 2 N–H and O–H groups in total. The van der Waals surface area contributed by atoms with Gasteiger partial charge in [-0.15, -0.1) is 0 Å². The Bertz CT molecular complexity index is 613. The van der Waals surface area contributed by atoms with E-state index in [1.54, 1.807) is 0 Å². The zero-order valence-electron chi connectivity index (χ0n) is 11.5. The van der Waals surface area contributed by atoms with Gasteiger partial charge in [-0.05, 0) is 55.7 Å². The second-order valence-corrected chi connectivity index (χ2v) is 6.28. The highest BCUT2D eigenvalue weighted by atomic mass is 79.9. The van der Waals surface area contributed by atoms with Crippen LogP contribution >= 0.6 is 27.5 Å². The van der Waals surface area contributed by atoms with Gasteiger partial charge in [0.15, 0.2) is 0 Å². The van der Waals surface area contributed by atoms with E-state index in [9.17, 15) is 0 Å². The van der Waals surface area contributed by atoms with Crippen molar-refractivity contribution in [2.24, 2.45) is 5.73 Å². The van der Waals surface area contributed by atoms with Gasteiger partial charge in [0, 0.05) is 10.5 Å². The van der Waals surface area contributed by atoms with Crippen LogP contribution in [0.4, 0.5) is 0 Å². The summed E-state index contributed by atoms with van der Waals surface area (Å²) >= 11 is 9.72. The molecule has 0 amide bonds. The molecule has 2 nitrogen and oxygen atoms in total. The van der Waals surface area contributed by atoms with Crippen LogP contribution in [0.15, 0.2) is 40.9 Å². The Morgan fingerprint density at radius 3 is 2.60 bits per heavy atom. The number of rotatable bonds is 4. The molecular weight excluding hydrogens is 338 g/mol. The van der Waals surface area contributed by atoms with E-state index in [-0.39, 0.29) is 6.04 Å². The first-order valence-corrected chi connectivity index (χ1v) is 7.61. The van der Waals surface area contributed by atoms with Crippen LogP contribution in [0.25, 0.3) is 0 Å². The van der Waals surface area contributed by atoms with Crippen LogP contribution in [-0.2, 0) is 6.42 Å². The third-order valence-electron chi connectivity index (χ3n) is 2.92. The summed E-state index contributed by atoms with van der Waals surface area (Å²) in [6.07, 6.45) is 0.802. The van der Waals surface area contributed by atoms with Crippen molar-refractivity contribution in [2.45, 2.75) is 26.3 Å². The molecule has 0 aromatic heterocycles. The highest BCUT2D eigenvalue weighted by Crippen LogP contribution is 2.33. The zero-order valence-corrected chi connectivity index (χ0v) is 13.8. The molecule has 1 unspecified atom stereocenters. The monoisotopic (exact) mass is 353 g/mol. The van der Waals surface area contributed by atoms with Gasteiger partial charge in [0.2, 0.25) is 0 Å². The van der Waals surface area contributed by atoms with E-state index >= 15 is 0 Å². The van der Waals surface area contributed by atoms with E-state index in [1.807, 2.05) is 50.2 Å². The topological polar surface area (TPSA) is 35.2 Å². The normalized spacial score (nSPS) is 12.2. The number of hydrogen-bond acceptors (Lipinski definition) is 2. The maximum atomic E-state index is 6.28. The van der Waals surface area contributed by atoms with E-state index in [2.05, 4.69) is 15.9 Å². The fourth-order valence-corrected chi connectivity index (χ4v) is 2.51. The highest BCUT2D eigenvalue weighted by molar-refractivity contribution is 9.10. The Morgan fingerprint density at radius 1 is 1.20 bits per heavy atom. The SMILES string of the molecule is Cc1ccc(Br)cc1Oc1ccc(CC(C)N)cc1Cl. The summed E-state index contributed by atoms with van der Waals surface area (Å²) in [4.78, 5) is 0. The summed E-state index contributed by atoms with van der Waals surface area (Å²) < 4.78 is 6.86. The second-order valence-electron chi connectivity index (χ2n) is 4.96. The summed E-state index contributed by atoms with van der Waals surface area (Å²) in [6.45, 7) is 3.98. The number of ether oxygens (including phenoxy) is 1. The molecule has 2 rings (SSSR count). The molecule has 0 aliphatic rings. The highest BCUT2D eigenvalue weighted by Gasteiger charge is 2.08. The zero-order chi connectivity index (χ0) is 14.7. The molecule has 0 saturated heterocycles. The van der Waals surface area contributed by atoms with Crippen molar-refractivity contribution in [2.75, 3.05) is 0 Å². The number of nitrogens with two attached hydrogens (primary N) is 1. The molecule has 0 aliphatic heterocycles. The molecule has 2 aromatic carbocycles. The molecule has 0 aliphatic carbocycles. The van der Waals surface area contributed by atoms with E-state index in [0.29, 0.717) is 10.8 Å². The Labute approximate surface area is 133 Å². The lowest BCUT2D eigenvalue weighted by Crippen LogP contribution is -2.17. The minimum atomic E-state index is 0.116. The number of hydrogen-bond donors (Lipinski definition) is 1. The van der Waals surface area contributed by atoms with Gasteiger partial charge < -0.3 is 10.5 Å². The Hall–Kier alpha value is -1.03. The molecule has 1 atom stereocenters. The lowest BCUT2D eigenvalue weighted by molar-refractivity contribution is 0.478. The average molecular weight is 355 g/mol. The summed E-state index contributed by atoms with van der Waals surface area (Å²) in [5, 5.41) is 0.600. The van der Waals surface area contributed by atoms with Gasteiger partial charge in [-0.2, -0.15) is 0 Å². The van der Waals surface area contributed by atoms with Crippen LogP contribution in [0, 0.1) is 6.92 Å². The van der Waals surface area contributed by atoms with Crippen molar-refractivity contribution < 1.29 is 4.74 Å². The van der Waals surface area contributed by atoms with E-state index < -0.39 is 0 Å². The fraction of sp³-hybridized carbons (Fsp3) is 0.250. The van der Waals surface area contributed by atoms with Crippen LogP contribution in [0.3, 0.4) is 0 Å². The molecule has 0 bridgehead atoms. The molecule has 2 aromatic rings. The quantitative estimate of drug-likeness (QED) is 0.829. The van der Waals surface area contributed by atoms with E-state index in [4.69, 9.17) is 22.1 Å². The summed E-state index contributed by atoms with van der Waals surface area (Å²) in [7, 11) is 0. The fourth-order valence-electron chi connectivity index (χ4n) is 1.93. The van der Waals surface area contributed by atoms with Crippen molar-refractivity contribution in [3.05, 3.63) is 57.0 Å². The lowest BCUT2D eigenvalue weighted by Gasteiger charge is -2.12. The first-order chi connectivity index (χ1) is 9.45. The predicted octanol–water partition coefficient (Wildman–Crippen LogP) is 5.09. The molecule has 20 heavy (non-hydrogen) atoms. The van der Waals surface area contributed by atoms with Gasteiger partial charge in [-0.3, -0.25) is 0 Å². The van der Waals surface area contributed by atoms with Crippen LogP contribution < -0.4 is 10.5 Å². The third-order valence-corrected chi connectivity index (χ3v) is 3.71. The van der Waals surface area contributed by atoms with Crippen molar-refractivity contribution in [1.82, 2.24) is 0 Å². The molecular formula is C16H17BrClNO. The Morgan fingerprint density at radius 2 is 1.95 bits per heavy atom. The van der Waals surface area contributed by atoms with Crippen LogP contribution in [0.2, 0.25) is 5.02 Å². The van der Waals surface area contributed by atoms with Crippen LogP contribution in [0.5, 0.6) is 11.5 Å². The van der Waals surface area contributed by atoms with Gasteiger partial charge >= 0.3 is 0 Å². The van der Waals surface area contributed by atoms with E-state index in [1.165, 1.54) is 0 Å². The summed E-state index contributed by atoms with van der Waals surface area (Å²) in [5.41, 5.74) is 7.97. The minimum Gasteiger partial charge on any atom is -0.455 e. The number of aryl methyl sites for hydroxylation is 1. The standard InChI is InChI=1S/C16H17BrClNO/c1-10-3-5-13(17)9-16(10)20-15-6-4-12(7-11(2)19)8-14(15)18/h3-6,8-9,11H,7,19H2,1-2H3. The largest absolute Gasteiger partial charge is 0.455 e. The maximum absolute atomic E-state index is 6.28. The molecule has 0 spiro atoms. The molecule has 0 saturated carbocycles. The summed E-state index contributed by atoms with van der Waals surface area (Å²) in [6, 6.07) is 11.8. The lowest BCUT2D eigenvalue weighted by atomic mass is 10.1. The maximum Gasteiger partial charge on any atom is 0.146 e. The predicted molar refractivity (Wildman–Crippen MR) is 87.8 cm³/mol. The summed E-state index contributed by atoms with van der Waals surface area (Å²) in [5.74, 6) is 1.45. The van der Waals surface area contributed by atoms with Crippen molar-refractivity contribution in [3.8, 4) is 11.5 Å². The molecule has 4 heteroatoms. The Balaban J connectivity index is 2.23. The molecule has 106 valence electrons. The van der Waals surface area contributed by atoms with Gasteiger partial charge in [-0.25, -0.2) is 0 Å². The van der Waals surface area contributed by atoms with Gasteiger partial charge in [-0.1, -0.05) is 39.7 Å². The van der Waals surface area contributed by atoms with Crippen LogP contribution in [-0.4, -0.2) is 6.04 Å². The third kappa shape index (κ3) is 3.98. The van der Waals surface area contributed by atoms with Gasteiger partial charge in [0.05, 0.1) is 5.02 Å². The Kier molecular flexibility index (Phi) is 5.08. The number of halogens is 2. The number of benzene rings is 2. The molecule has 0 fully saturated rings. The van der Waals surface area contributed by atoms with Crippen molar-refractivity contribution in [3.63, 3.8) is 0 Å². The van der Waals surface area contributed by atoms with Gasteiger partial charge in [0.1, 0.15) is 11.5 Å².